The van der Waals surface area contributed by atoms with Crippen molar-refractivity contribution < 1.29 is 26.3 Å². The highest BCUT2D eigenvalue weighted by Gasteiger charge is 2.37. The second-order valence-electron chi connectivity index (χ2n) is 9.57. The van der Waals surface area contributed by atoms with E-state index in [1.54, 1.807) is 6.92 Å². The van der Waals surface area contributed by atoms with Crippen LogP contribution in [0, 0.1) is 0 Å². The third-order valence-corrected chi connectivity index (χ3v) is 9.85. The molecule has 0 aliphatic carbocycles. The normalized spacial score (nSPS) is 21.3. The van der Waals surface area contributed by atoms with Gasteiger partial charge in [0.1, 0.15) is 11.4 Å². The van der Waals surface area contributed by atoms with E-state index in [0.29, 0.717) is 23.0 Å². The van der Waals surface area contributed by atoms with Gasteiger partial charge in [0.25, 0.3) is 0 Å². The molecule has 0 amide bonds. The fourth-order valence-electron chi connectivity index (χ4n) is 4.70. The van der Waals surface area contributed by atoms with Crippen LogP contribution in [-0.2, 0) is 27.2 Å². The van der Waals surface area contributed by atoms with Crippen LogP contribution < -0.4 is 15.5 Å². The third-order valence-electron chi connectivity index (χ3n) is 6.71. The number of pyridine rings is 1. The van der Waals surface area contributed by atoms with Crippen molar-refractivity contribution in [3.05, 3.63) is 40.5 Å². The molecule has 0 spiro atoms. The Morgan fingerprint density at radius 2 is 2.05 bits per heavy atom. The lowest BCUT2D eigenvalue weighted by Crippen LogP contribution is -2.49. The van der Waals surface area contributed by atoms with Crippen LogP contribution in [0.5, 0.6) is 0 Å². The summed E-state index contributed by atoms with van der Waals surface area (Å²) in [5, 5.41) is 6.42. The van der Waals surface area contributed by atoms with Crippen molar-refractivity contribution in [2.45, 2.75) is 50.4 Å². The molecule has 0 radical (unpaired) electrons. The number of aromatic nitrogens is 3. The second kappa shape index (κ2) is 10.6. The second-order valence-corrected chi connectivity index (χ2v) is 12.7. The molecule has 2 aliphatic rings. The van der Waals surface area contributed by atoms with E-state index in [4.69, 9.17) is 9.72 Å². The Hall–Kier alpha value is -2.81. The van der Waals surface area contributed by atoms with Gasteiger partial charge in [-0.15, -0.1) is 11.3 Å². The van der Waals surface area contributed by atoms with Gasteiger partial charge in [0.2, 0.25) is 5.95 Å². The summed E-state index contributed by atoms with van der Waals surface area (Å²) in [7, 11) is -3.70. The fraction of sp³-hybridized carbons (Fsp3) is 0.480. The molecule has 1 saturated heterocycles. The highest BCUT2D eigenvalue weighted by Crippen LogP contribution is 2.44. The van der Waals surface area contributed by atoms with E-state index in [1.165, 1.54) is 6.07 Å². The summed E-state index contributed by atoms with van der Waals surface area (Å²) in [6.45, 7) is 8.25. The monoisotopic (exact) mass is 582 g/mol. The number of halogens is 3. The van der Waals surface area contributed by atoms with E-state index in [0.717, 1.165) is 48.7 Å². The SMILES string of the molecule is CCc1nc(N2CCN[C@H](C)C2)ccc1Nc1ncc(C(F)(F)F)c(-c2cc3c(s2)C(C)OCCS3(=O)=O)n1. The molecule has 3 aromatic rings. The Labute approximate surface area is 228 Å². The lowest BCUT2D eigenvalue weighted by atomic mass is 10.2. The van der Waals surface area contributed by atoms with Crippen LogP contribution in [0.15, 0.2) is 29.3 Å². The predicted molar refractivity (Wildman–Crippen MR) is 143 cm³/mol. The summed E-state index contributed by atoms with van der Waals surface area (Å²) in [4.78, 5) is 15.6. The van der Waals surface area contributed by atoms with Gasteiger partial charge in [0, 0.05) is 31.9 Å². The lowest BCUT2D eigenvalue weighted by Gasteiger charge is -2.33. The summed E-state index contributed by atoms with van der Waals surface area (Å²) in [5.74, 6) is 0.546. The number of ether oxygens (including phenoxy) is 1. The number of fused-ring (bicyclic) bond motifs is 1. The van der Waals surface area contributed by atoms with E-state index >= 15 is 0 Å². The third kappa shape index (κ3) is 5.74. The molecule has 2 N–H and O–H groups in total. The van der Waals surface area contributed by atoms with Crippen molar-refractivity contribution in [3.63, 3.8) is 0 Å². The van der Waals surface area contributed by atoms with Gasteiger partial charge in [-0.2, -0.15) is 13.2 Å². The van der Waals surface area contributed by atoms with E-state index in [9.17, 15) is 21.6 Å². The molecule has 2 atom stereocenters. The van der Waals surface area contributed by atoms with Crippen molar-refractivity contribution >= 4 is 38.6 Å². The van der Waals surface area contributed by atoms with Crippen LogP contribution in [0.2, 0.25) is 0 Å². The van der Waals surface area contributed by atoms with Crippen LogP contribution in [0.25, 0.3) is 10.6 Å². The molecule has 0 saturated carbocycles. The minimum atomic E-state index is -4.74. The standard InChI is InChI=1S/C25H29F3N6O3S2/c1-4-17-18(5-6-21(31-17)34-8-7-29-14(2)13-34)32-24-30-12-16(25(26,27)28)22(33-24)19-11-20-23(38-19)15(3)37-9-10-39(20,35)36/h5-6,11-12,14-15,29H,4,7-10,13H2,1-3H3,(H,30,32,33)/t14-,15?/m1/s1. The van der Waals surface area contributed by atoms with Crippen LogP contribution in [0.4, 0.5) is 30.6 Å². The number of aryl methyl sites for hydroxylation is 1. The van der Waals surface area contributed by atoms with E-state index in [2.05, 4.69) is 32.4 Å². The smallest absolute Gasteiger partial charge is 0.372 e. The van der Waals surface area contributed by atoms with Crippen LogP contribution >= 0.6 is 11.3 Å². The number of sulfone groups is 1. The van der Waals surface area contributed by atoms with Crippen LogP contribution in [0.1, 0.15) is 43.0 Å². The van der Waals surface area contributed by atoms with Gasteiger partial charge in [-0.3, -0.25) is 0 Å². The summed E-state index contributed by atoms with van der Waals surface area (Å²) < 4.78 is 73.0. The largest absolute Gasteiger partial charge is 0.420 e. The Morgan fingerprint density at radius 3 is 2.77 bits per heavy atom. The molecule has 0 aromatic carbocycles. The molecule has 1 unspecified atom stereocenters. The van der Waals surface area contributed by atoms with Crippen molar-refractivity contribution in [3.8, 4) is 10.6 Å². The average Bonchev–Trinajstić information content (AvgIpc) is 3.31. The van der Waals surface area contributed by atoms with Gasteiger partial charge < -0.3 is 20.3 Å². The predicted octanol–water partition coefficient (Wildman–Crippen LogP) is 4.59. The molecular weight excluding hydrogens is 553 g/mol. The summed E-state index contributed by atoms with van der Waals surface area (Å²) in [6, 6.07) is 5.30. The van der Waals surface area contributed by atoms with Gasteiger partial charge in [-0.25, -0.2) is 23.4 Å². The molecule has 39 heavy (non-hydrogen) atoms. The molecule has 1 fully saturated rings. The first-order chi connectivity index (χ1) is 18.5. The highest BCUT2D eigenvalue weighted by atomic mass is 32.2. The summed E-state index contributed by atoms with van der Waals surface area (Å²) in [5.41, 5.74) is -0.129. The number of nitrogens with zero attached hydrogens (tertiary/aromatic N) is 4. The number of anilines is 3. The van der Waals surface area contributed by atoms with Crippen molar-refractivity contribution in [1.82, 2.24) is 20.3 Å². The lowest BCUT2D eigenvalue weighted by molar-refractivity contribution is -0.137. The first-order valence-corrected chi connectivity index (χ1v) is 15.1. The van der Waals surface area contributed by atoms with E-state index in [-0.39, 0.29) is 28.1 Å². The van der Waals surface area contributed by atoms with Gasteiger partial charge >= 0.3 is 6.18 Å². The Morgan fingerprint density at radius 1 is 1.26 bits per heavy atom. The maximum Gasteiger partial charge on any atom is 0.420 e. The number of nitrogens with one attached hydrogen (secondary N) is 2. The van der Waals surface area contributed by atoms with Gasteiger partial charge in [-0.1, -0.05) is 6.92 Å². The van der Waals surface area contributed by atoms with E-state index in [1.807, 2.05) is 19.1 Å². The van der Waals surface area contributed by atoms with Crippen LogP contribution in [-0.4, -0.2) is 61.4 Å². The zero-order valence-electron chi connectivity index (χ0n) is 21.7. The summed E-state index contributed by atoms with van der Waals surface area (Å²) in [6.07, 6.45) is -4.01. The molecule has 9 nitrogen and oxygen atoms in total. The number of alkyl halides is 3. The minimum Gasteiger partial charge on any atom is -0.372 e. The zero-order chi connectivity index (χ0) is 27.9. The molecular formula is C25H29F3N6O3S2. The summed E-state index contributed by atoms with van der Waals surface area (Å²) >= 11 is 0.938. The topological polar surface area (TPSA) is 109 Å². The number of piperazine rings is 1. The first kappa shape index (κ1) is 27.7. The fourth-order valence-corrected chi connectivity index (χ4v) is 7.64. The number of hydrogen-bond donors (Lipinski definition) is 2. The Kier molecular flexibility index (Phi) is 7.57. The molecule has 0 bridgehead atoms. The van der Waals surface area contributed by atoms with Gasteiger partial charge in [0.05, 0.1) is 50.2 Å². The molecule has 3 aromatic heterocycles. The quantitative estimate of drug-likeness (QED) is 0.447. The number of thiophene rings is 1. The van der Waals surface area contributed by atoms with E-state index < -0.39 is 33.4 Å². The number of hydrogen-bond acceptors (Lipinski definition) is 10. The Balaban J connectivity index is 1.52. The molecule has 2 aliphatic heterocycles. The first-order valence-electron chi connectivity index (χ1n) is 12.6. The van der Waals surface area contributed by atoms with Gasteiger partial charge in [-0.05, 0) is 38.5 Å². The highest BCUT2D eigenvalue weighted by molar-refractivity contribution is 7.91. The van der Waals surface area contributed by atoms with Crippen molar-refractivity contribution in [2.24, 2.45) is 0 Å². The zero-order valence-corrected chi connectivity index (χ0v) is 23.3. The van der Waals surface area contributed by atoms with Gasteiger partial charge in [0.15, 0.2) is 9.84 Å². The Bertz CT molecular complexity index is 1480. The van der Waals surface area contributed by atoms with Crippen LogP contribution in [0.3, 0.4) is 0 Å². The maximum absolute atomic E-state index is 14.0. The molecule has 14 heteroatoms. The maximum atomic E-state index is 14.0. The van der Waals surface area contributed by atoms with Crippen molar-refractivity contribution in [1.29, 1.82) is 0 Å². The minimum absolute atomic E-state index is 0.0102. The number of rotatable bonds is 5. The molecule has 5 rings (SSSR count). The molecule has 5 heterocycles. The molecule has 210 valence electrons. The van der Waals surface area contributed by atoms with Crippen molar-refractivity contribution in [2.75, 3.05) is 42.2 Å². The average molecular weight is 583 g/mol.